The number of carbonyl (C=O) groups is 2. The Morgan fingerprint density at radius 3 is 2.56 bits per heavy atom. The molecule has 3 rings (SSSR count). The summed E-state index contributed by atoms with van der Waals surface area (Å²) in [6.45, 7) is 0.469. The molecular weight excluding hydrogens is 354 g/mol. The van der Waals surface area contributed by atoms with Gasteiger partial charge >= 0.3 is 0 Å². The van der Waals surface area contributed by atoms with Crippen LogP contribution in [-0.4, -0.2) is 47.1 Å². The van der Waals surface area contributed by atoms with Crippen molar-refractivity contribution >= 4 is 11.8 Å². The Kier molecular flexibility index (Phi) is 5.81. The van der Waals surface area contributed by atoms with Crippen LogP contribution in [0.15, 0.2) is 48.5 Å². The van der Waals surface area contributed by atoms with Crippen molar-refractivity contribution in [1.29, 1.82) is 0 Å². The fraction of sp³-hybridized carbons (Fsp3) is 0.300. The SMILES string of the molecule is O=C(Cc1cccc(F)c1F)N[C@@H]1CCN(C(=O)c2ccccc2)C[C@H]1O. The van der Waals surface area contributed by atoms with Gasteiger partial charge in [-0.15, -0.1) is 0 Å². The number of hydrogen-bond donors (Lipinski definition) is 2. The lowest BCUT2D eigenvalue weighted by Crippen LogP contribution is -2.55. The van der Waals surface area contributed by atoms with Gasteiger partial charge in [0.05, 0.1) is 18.6 Å². The van der Waals surface area contributed by atoms with Gasteiger partial charge in [0.1, 0.15) is 0 Å². The average molecular weight is 374 g/mol. The molecule has 5 nitrogen and oxygen atoms in total. The van der Waals surface area contributed by atoms with Crippen molar-refractivity contribution in [1.82, 2.24) is 10.2 Å². The lowest BCUT2D eigenvalue weighted by molar-refractivity contribution is -0.122. The maximum absolute atomic E-state index is 13.7. The first-order valence-corrected chi connectivity index (χ1v) is 8.70. The maximum atomic E-state index is 13.7. The van der Waals surface area contributed by atoms with Gasteiger partial charge in [-0.3, -0.25) is 9.59 Å². The highest BCUT2D eigenvalue weighted by Gasteiger charge is 2.31. The minimum atomic E-state index is -1.04. The Morgan fingerprint density at radius 1 is 1.11 bits per heavy atom. The van der Waals surface area contributed by atoms with Gasteiger partial charge in [-0.2, -0.15) is 0 Å². The molecule has 0 unspecified atom stereocenters. The van der Waals surface area contributed by atoms with Crippen LogP contribution in [0.3, 0.4) is 0 Å². The van der Waals surface area contributed by atoms with Gasteiger partial charge in [0.25, 0.3) is 5.91 Å². The number of rotatable bonds is 4. The van der Waals surface area contributed by atoms with Crippen molar-refractivity contribution in [2.24, 2.45) is 0 Å². The smallest absolute Gasteiger partial charge is 0.253 e. The number of piperidine rings is 1. The third-order valence-electron chi connectivity index (χ3n) is 4.62. The van der Waals surface area contributed by atoms with Crippen molar-refractivity contribution in [2.45, 2.75) is 25.0 Å². The van der Waals surface area contributed by atoms with E-state index in [9.17, 15) is 23.5 Å². The van der Waals surface area contributed by atoms with Gasteiger partial charge in [-0.05, 0) is 24.6 Å². The predicted molar refractivity (Wildman–Crippen MR) is 95.0 cm³/mol. The summed E-state index contributed by atoms with van der Waals surface area (Å²) in [4.78, 5) is 26.1. The normalized spacial score (nSPS) is 19.6. The van der Waals surface area contributed by atoms with Crippen LogP contribution in [0.25, 0.3) is 0 Å². The molecule has 2 amide bonds. The number of amides is 2. The van der Waals surface area contributed by atoms with Crippen LogP contribution in [0.2, 0.25) is 0 Å². The molecule has 1 saturated heterocycles. The summed E-state index contributed by atoms with van der Waals surface area (Å²) in [6, 6.07) is 11.9. The zero-order valence-electron chi connectivity index (χ0n) is 14.6. The highest BCUT2D eigenvalue weighted by atomic mass is 19.2. The number of benzene rings is 2. The predicted octanol–water partition coefficient (Wildman–Crippen LogP) is 1.90. The molecule has 2 aromatic carbocycles. The molecule has 2 N–H and O–H groups in total. The Hall–Kier alpha value is -2.80. The molecular formula is C20H20F2N2O3. The van der Waals surface area contributed by atoms with Gasteiger partial charge in [0.2, 0.25) is 5.91 Å². The molecule has 1 aliphatic rings. The van der Waals surface area contributed by atoms with Crippen molar-refractivity contribution in [2.75, 3.05) is 13.1 Å². The maximum Gasteiger partial charge on any atom is 0.253 e. The summed E-state index contributed by atoms with van der Waals surface area (Å²) in [5, 5.41) is 13.0. The Labute approximate surface area is 155 Å². The lowest BCUT2D eigenvalue weighted by Gasteiger charge is -2.36. The molecule has 0 aliphatic carbocycles. The first-order valence-electron chi connectivity index (χ1n) is 8.70. The molecule has 27 heavy (non-hydrogen) atoms. The van der Waals surface area contributed by atoms with E-state index in [2.05, 4.69) is 5.32 Å². The third kappa shape index (κ3) is 4.49. The molecule has 1 heterocycles. The molecule has 0 radical (unpaired) electrons. The van der Waals surface area contributed by atoms with E-state index in [1.54, 1.807) is 24.3 Å². The molecule has 142 valence electrons. The largest absolute Gasteiger partial charge is 0.389 e. The molecule has 0 bridgehead atoms. The van der Waals surface area contributed by atoms with E-state index in [4.69, 9.17) is 0 Å². The Bertz CT molecular complexity index is 829. The van der Waals surface area contributed by atoms with Crippen LogP contribution in [0.1, 0.15) is 22.3 Å². The number of likely N-dealkylation sites (tertiary alicyclic amines) is 1. The second-order valence-corrected chi connectivity index (χ2v) is 6.54. The van der Waals surface area contributed by atoms with Crippen LogP contribution in [0.4, 0.5) is 8.78 Å². The summed E-state index contributed by atoms with van der Waals surface area (Å²) in [5.74, 6) is -2.74. The zero-order chi connectivity index (χ0) is 19.4. The number of hydrogen-bond acceptors (Lipinski definition) is 3. The number of β-amino-alcohol motifs (C(OH)–C–C–N with tert-alkyl or cyclic N) is 1. The average Bonchev–Trinajstić information content (AvgIpc) is 2.67. The highest BCUT2D eigenvalue weighted by molar-refractivity contribution is 5.94. The third-order valence-corrected chi connectivity index (χ3v) is 4.62. The van der Waals surface area contributed by atoms with Gasteiger partial charge in [-0.25, -0.2) is 8.78 Å². The van der Waals surface area contributed by atoms with Gasteiger partial charge in [0, 0.05) is 24.2 Å². The number of nitrogens with zero attached hydrogens (tertiary/aromatic N) is 1. The van der Waals surface area contributed by atoms with Crippen LogP contribution in [0, 0.1) is 11.6 Å². The molecule has 1 aliphatic heterocycles. The quantitative estimate of drug-likeness (QED) is 0.859. The van der Waals surface area contributed by atoms with E-state index in [0.29, 0.717) is 18.5 Å². The number of halogens is 2. The van der Waals surface area contributed by atoms with Crippen molar-refractivity contribution in [3.63, 3.8) is 0 Å². The van der Waals surface area contributed by atoms with Crippen LogP contribution in [0.5, 0.6) is 0 Å². The monoisotopic (exact) mass is 374 g/mol. The van der Waals surface area contributed by atoms with E-state index < -0.39 is 29.7 Å². The van der Waals surface area contributed by atoms with Gasteiger partial charge in [-0.1, -0.05) is 30.3 Å². The van der Waals surface area contributed by atoms with Crippen molar-refractivity contribution in [3.05, 3.63) is 71.3 Å². The molecule has 2 atom stereocenters. The lowest BCUT2D eigenvalue weighted by atomic mass is 10.00. The Balaban J connectivity index is 1.56. The summed E-state index contributed by atoms with van der Waals surface area (Å²) in [5.41, 5.74) is 0.493. The first kappa shape index (κ1) is 19.0. The summed E-state index contributed by atoms with van der Waals surface area (Å²) in [6.07, 6.45) is -0.885. The van der Waals surface area contributed by atoms with E-state index in [1.165, 1.54) is 17.0 Å². The van der Waals surface area contributed by atoms with E-state index in [-0.39, 0.29) is 24.4 Å². The zero-order valence-corrected chi connectivity index (χ0v) is 14.6. The van der Waals surface area contributed by atoms with E-state index in [1.807, 2.05) is 6.07 Å². The van der Waals surface area contributed by atoms with Crippen LogP contribution >= 0.6 is 0 Å². The number of aliphatic hydroxyl groups excluding tert-OH is 1. The van der Waals surface area contributed by atoms with Crippen molar-refractivity contribution in [3.8, 4) is 0 Å². The van der Waals surface area contributed by atoms with Crippen LogP contribution < -0.4 is 5.32 Å². The van der Waals surface area contributed by atoms with E-state index >= 15 is 0 Å². The minimum Gasteiger partial charge on any atom is -0.389 e. The molecule has 2 aromatic rings. The molecule has 0 saturated carbocycles. The molecule has 0 aromatic heterocycles. The van der Waals surface area contributed by atoms with Crippen molar-refractivity contribution < 1.29 is 23.5 Å². The van der Waals surface area contributed by atoms with Gasteiger partial charge < -0.3 is 15.3 Å². The number of nitrogens with one attached hydrogen (secondary N) is 1. The van der Waals surface area contributed by atoms with Crippen LogP contribution in [-0.2, 0) is 11.2 Å². The summed E-state index contributed by atoms with van der Waals surface area (Å²) >= 11 is 0. The van der Waals surface area contributed by atoms with E-state index in [0.717, 1.165) is 6.07 Å². The second kappa shape index (κ2) is 8.26. The summed E-state index contributed by atoms with van der Waals surface area (Å²) in [7, 11) is 0. The molecule has 1 fully saturated rings. The standard InChI is InChI=1S/C20H20F2N2O3/c21-15-8-4-7-14(19(15)22)11-18(26)23-16-9-10-24(12-17(16)25)20(27)13-5-2-1-3-6-13/h1-8,16-17,25H,9-12H2,(H,23,26)/t16-,17-/m1/s1. The fourth-order valence-corrected chi connectivity index (χ4v) is 3.16. The number of carbonyl (C=O) groups excluding carboxylic acids is 2. The Morgan fingerprint density at radius 2 is 1.85 bits per heavy atom. The number of aliphatic hydroxyl groups is 1. The summed E-state index contributed by atoms with van der Waals surface area (Å²) < 4.78 is 26.9. The fourth-order valence-electron chi connectivity index (χ4n) is 3.16. The topological polar surface area (TPSA) is 69.6 Å². The molecule has 0 spiro atoms. The second-order valence-electron chi connectivity index (χ2n) is 6.54. The van der Waals surface area contributed by atoms with Gasteiger partial charge in [0.15, 0.2) is 11.6 Å². The highest BCUT2D eigenvalue weighted by Crippen LogP contribution is 2.16. The first-order chi connectivity index (χ1) is 13.0. The molecule has 7 heteroatoms. The minimum absolute atomic E-state index is 0.0429.